The second kappa shape index (κ2) is 9.97. The van der Waals surface area contributed by atoms with Crippen molar-refractivity contribution in [1.82, 2.24) is 15.5 Å². The molecular weight excluding hydrogens is 478 g/mol. The minimum atomic E-state index is -0.961. The van der Waals surface area contributed by atoms with E-state index < -0.39 is 29.6 Å². The van der Waals surface area contributed by atoms with Gasteiger partial charge in [0.05, 0.1) is 17.9 Å². The van der Waals surface area contributed by atoms with Crippen LogP contribution in [0.1, 0.15) is 64.2 Å². The van der Waals surface area contributed by atoms with Gasteiger partial charge in [-0.1, -0.05) is 48.0 Å². The number of hydrogen-bond acceptors (Lipinski definition) is 5. The normalized spacial score (nSPS) is 36.4. The van der Waals surface area contributed by atoms with Gasteiger partial charge in [-0.05, 0) is 32.1 Å². The fourth-order valence-corrected chi connectivity index (χ4v) is 7.35. The zero-order chi connectivity index (χ0) is 22.9. The second-order valence-corrected chi connectivity index (χ2v) is 11.0. The monoisotopic (exact) mass is 513 g/mol. The molecule has 180 valence electrons. The number of ether oxygens (including phenoxy) is 1. The van der Waals surface area contributed by atoms with Crippen LogP contribution >= 0.6 is 15.9 Å². The lowest BCUT2D eigenvalue weighted by molar-refractivity contribution is -0.142. The Morgan fingerprint density at radius 2 is 1.88 bits per heavy atom. The third-order valence-corrected chi connectivity index (χ3v) is 8.69. The Balaban J connectivity index is 1.59. The summed E-state index contributed by atoms with van der Waals surface area (Å²) in [5, 5.41) is 14.9. The lowest BCUT2D eigenvalue weighted by Gasteiger charge is -2.35. The number of nitrogens with zero attached hydrogens (tertiary/aromatic N) is 1. The summed E-state index contributed by atoms with van der Waals surface area (Å²) in [7, 11) is 1.58. The Hall–Kier alpha value is -1.19. The van der Waals surface area contributed by atoms with E-state index in [4.69, 9.17) is 9.84 Å². The molecule has 9 heteroatoms. The average Bonchev–Trinajstić information content (AvgIpc) is 3.37. The number of amides is 3. The zero-order valence-corrected chi connectivity index (χ0v) is 20.4. The quantitative estimate of drug-likeness (QED) is 0.319. The van der Waals surface area contributed by atoms with Gasteiger partial charge in [0.2, 0.25) is 17.7 Å². The highest BCUT2D eigenvalue weighted by atomic mass is 79.9. The average molecular weight is 514 g/mol. The van der Waals surface area contributed by atoms with Crippen LogP contribution in [0.4, 0.5) is 0 Å². The van der Waals surface area contributed by atoms with Crippen molar-refractivity contribution in [3.63, 3.8) is 0 Å². The van der Waals surface area contributed by atoms with E-state index in [0.29, 0.717) is 13.0 Å². The molecule has 3 amide bonds. The number of alkyl halides is 1. The molecule has 3 N–H and O–H groups in total. The molecule has 8 nitrogen and oxygen atoms in total. The number of likely N-dealkylation sites (tertiary alicyclic amines) is 1. The minimum Gasteiger partial charge on any atom is -0.396 e. The van der Waals surface area contributed by atoms with Crippen LogP contribution in [0.3, 0.4) is 0 Å². The smallest absolute Gasteiger partial charge is 0.246 e. The summed E-state index contributed by atoms with van der Waals surface area (Å²) in [6, 6.07) is -0.569. The first-order valence-electron chi connectivity index (χ1n) is 12.2. The van der Waals surface area contributed by atoms with Gasteiger partial charge in [0.15, 0.2) is 0 Å². The maximum Gasteiger partial charge on any atom is 0.246 e. The Labute approximate surface area is 198 Å². The van der Waals surface area contributed by atoms with Crippen LogP contribution in [0.15, 0.2) is 0 Å². The van der Waals surface area contributed by atoms with Crippen LogP contribution in [-0.4, -0.2) is 76.5 Å². The number of carbonyl (C=O) groups excluding carboxylic acids is 3. The van der Waals surface area contributed by atoms with Crippen LogP contribution in [0, 0.1) is 11.8 Å². The highest BCUT2D eigenvalue weighted by Gasteiger charge is 2.76. The largest absolute Gasteiger partial charge is 0.396 e. The fraction of sp³-hybridized carbons (Fsp3) is 0.870. The number of halogens is 1. The highest BCUT2D eigenvalue weighted by Crippen LogP contribution is 2.60. The third-order valence-electron chi connectivity index (χ3n) is 7.85. The number of hydrogen-bond donors (Lipinski definition) is 3. The topological polar surface area (TPSA) is 108 Å². The van der Waals surface area contributed by atoms with Crippen molar-refractivity contribution in [2.75, 3.05) is 20.2 Å². The summed E-state index contributed by atoms with van der Waals surface area (Å²) >= 11 is 3.67. The van der Waals surface area contributed by atoms with Crippen molar-refractivity contribution in [2.45, 2.75) is 92.8 Å². The van der Waals surface area contributed by atoms with Crippen molar-refractivity contribution < 1.29 is 24.2 Å². The standard InChI is InChI=1S/C23H36BrN3O5/c1-25-20(29)16-17-22(31)27(11-7-2-3-8-12-28)19(23(17)13-15(24)18(16)32-23)21(30)26-14-9-5-4-6-10-14/h14-19,28H,2-13H2,1H3,(H,25,29)(H,26,30)/t15?,16-,17-,18-,19?,23?/m0/s1. The molecular formula is C23H36BrN3O5. The SMILES string of the molecule is CNC(=O)[C@H]1[C@H]2C(=O)N(CCCCCCO)C(C(=O)NC3CCCCC3)C23CC(Br)[C@@H]1O3. The van der Waals surface area contributed by atoms with E-state index in [1.165, 1.54) is 6.42 Å². The van der Waals surface area contributed by atoms with Gasteiger partial charge in [0.1, 0.15) is 11.6 Å². The van der Waals surface area contributed by atoms with Gasteiger partial charge in [-0.3, -0.25) is 14.4 Å². The van der Waals surface area contributed by atoms with Gasteiger partial charge in [-0.15, -0.1) is 0 Å². The molecule has 0 aromatic heterocycles. The number of aliphatic hydroxyl groups excluding tert-OH is 1. The van der Waals surface area contributed by atoms with Crippen molar-refractivity contribution in [2.24, 2.45) is 11.8 Å². The van der Waals surface area contributed by atoms with E-state index in [1.807, 2.05) is 0 Å². The molecule has 0 aromatic carbocycles. The van der Waals surface area contributed by atoms with E-state index in [2.05, 4.69) is 26.6 Å². The molecule has 0 aromatic rings. The molecule has 1 aliphatic carbocycles. The molecule has 2 bridgehead atoms. The number of rotatable bonds is 9. The molecule has 0 radical (unpaired) electrons. The van der Waals surface area contributed by atoms with E-state index in [9.17, 15) is 14.4 Å². The summed E-state index contributed by atoms with van der Waals surface area (Å²) < 4.78 is 6.44. The van der Waals surface area contributed by atoms with Crippen molar-refractivity contribution >= 4 is 33.7 Å². The summed E-state index contributed by atoms with van der Waals surface area (Å²) in [5.74, 6) is -1.68. The first-order chi connectivity index (χ1) is 15.4. The molecule has 4 aliphatic rings. The Bertz CT molecular complexity index is 730. The fourth-order valence-electron chi connectivity index (χ4n) is 6.41. The van der Waals surface area contributed by atoms with Crippen LogP contribution in [-0.2, 0) is 19.1 Å². The molecule has 3 unspecified atom stereocenters. The zero-order valence-electron chi connectivity index (χ0n) is 18.9. The van der Waals surface area contributed by atoms with Crippen molar-refractivity contribution in [3.8, 4) is 0 Å². The molecule has 3 heterocycles. The number of nitrogens with one attached hydrogen (secondary N) is 2. The van der Waals surface area contributed by atoms with Gasteiger partial charge in [0.25, 0.3) is 0 Å². The van der Waals surface area contributed by atoms with Gasteiger partial charge < -0.3 is 25.4 Å². The van der Waals surface area contributed by atoms with E-state index >= 15 is 0 Å². The van der Waals surface area contributed by atoms with Gasteiger partial charge in [0, 0.05) is 31.1 Å². The second-order valence-electron chi connectivity index (χ2n) is 9.79. The molecule has 1 spiro atoms. The maximum absolute atomic E-state index is 13.7. The maximum atomic E-state index is 13.7. The van der Waals surface area contributed by atoms with Gasteiger partial charge in [-0.2, -0.15) is 0 Å². The van der Waals surface area contributed by atoms with Gasteiger partial charge >= 0.3 is 0 Å². The molecule has 6 atom stereocenters. The van der Waals surface area contributed by atoms with Crippen LogP contribution < -0.4 is 10.6 Å². The molecule has 3 aliphatic heterocycles. The van der Waals surface area contributed by atoms with E-state index in [1.54, 1.807) is 11.9 Å². The number of unbranched alkanes of at least 4 members (excludes halogenated alkanes) is 3. The first-order valence-corrected chi connectivity index (χ1v) is 13.1. The first kappa shape index (κ1) is 24.0. The molecule has 4 fully saturated rings. The number of carbonyl (C=O) groups is 3. The summed E-state index contributed by atoms with van der Waals surface area (Å²) in [5.41, 5.74) is -0.961. The van der Waals surface area contributed by atoms with Gasteiger partial charge in [-0.25, -0.2) is 0 Å². The number of fused-ring (bicyclic) bond motifs is 1. The van der Waals surface area contributed by atoms with Crippen LogP contribution in [0.2, 0.25) is 0 Å². The molecule has 1 saturated carbocycles. The summed E-state index contributed by atoms with van der Waals surface area (Å²) in [4.78, 5) is 41.7. The molecule has 3 saturated heterocycles. The highest BCUT2D eigenvalue weighted by molar-refractivity contribution is 9.09. The minimum absolute atomic E-state index is 0.0664. The predicted molar refractivity (Wildman–Crippen MR) is 122 cm³/mol. The predicted octanol–water partition coefficient (Wildman–Crippen LogP) is 1.48. The summed E-state index contributed by atoms with van der Waals surface area (Å²) in [6.45, 7) is 0.628. The third kappa shape index (κ3) is 4.09. The van der Waals surface area contributed by atoms with Crippen LogP contribution in [0.25, 0.3) is 0 Å². The lowest BCUT2D eigenvalue weighted by Crippen LogP contribution is -2.57. The Morgan fingerprint density at radius 1 is 1.16 bits per heavy atom. The van der Waals surface area contributed by atoms with E-state index in [-0.39, 0.29) is 35.2 Å². The van der Waals surface area contributed by atoms with Crippen LogP contribution in [0.5, 0.6) is 0 Å². The van der Waals surface area contributed by atoms with E-state index in [0.717, 1.165) is 51.4 Å². The Morgan fingerprint density at radius 3 is 2.56 bits per heavy atom. The number of aliphatic hydroxyl groups is 1. The molecule has 4 rings (SSSR count). The Kier molecular flexibility index (Phi) is 7.46. The summed E-state index contributed by atoms with van der Waals surface area (Å²) in [6.07, 6.45) is 8.75. The molecule has 32 heavy (non-hydrogen) atoms. The lowest BCUT2D eigenvalue weighted by atomic mass is 9.70. The van der Waals surface area contributed by atoms with Crippen molar-refractivity contribution in [1.29, 1.82) is 0 Å². The van der Waals surface area contributed by atoms with Crippen molar-refractivity contribution in [3.05, 3.63) is 0 Å².